The summed E-state index contributed by atoms with van der Waals surface area (Å²) in [7, 11) is 1.59. The molecule has 0 fully saturated rings. The van der Waals surface area contributed by atoms with Crippen molar-refractivity contribution in [3.63, 3.8) is 0 Å². The molecule has 0 saturated heterocycles. The molecule has 0 heterocycles. The number of nitrogen functional groups attached to an aromatic ring is 1. The Morgan fingerprint density at radius 1 is 1.06 bits per heavy atom. The van der Waals surface area contributed by atoms with Gasteiger partial charge in [0.2, 0.25) is 0 Å². The van der Waals surface area contributed by atoms with E-state index in [9.17, 15) is 4.79 Å². The lowest BCUT2D eigenvalue weighted by molar-refractivity contribution is 0.0956. The Balaban J connectivity index is 1.49. The van der Waals surface area contributed by atoms with Crippen LogP contribution in [0.2, 0.25) is 0 Å². The monoisotopic (exact) mass is 551 g/mol. The van der Waals surface area contributed by atoms with Gasteiger partial charge in [-0.1, -0.05) is 54.6 Å². The summed E-state index contributed by atoms with van der Waals surface area (Å²) in [6.07, 6.45) is 1.55. The number of fused-ring (bicyclic) bond motifs is 1. The highest BCUT2D eigenvalue weighted by Crippen LogP contribution is 2.34. The summed E-state index contributed by atoms with van der Waals surface area (Å²) >= 11 is 2.20. The van der Waals surface area contributed by atoms with Crippen LogP contribution in [0, 0.1) is 3.57 Å². The van der Waals surface area contributed by atoms with Crippen LogP contribution < -0.4 is 20.6 Å². The predicted molar refractivity (Wildman–Crippen MR) is 140 cm³/mol. The van der Waals surface area contributed by atoms with E-state index in [-0.39, 0.29) is 5.91 Å². The first-order valence-electron chi connectivity index (χ1n) is 10.2. The zero-order valence-corrected chi connectivity index (χ0v) is 20.1. The summed E-state index contributed by atoms with van der Waals surface area (Å²) in [6.45, 7) is 0.412. The lowest BCUT2D eigenvalue weighted by atomic mass is 10.1. The molecule has 0 unspecified atom stereocenters. The van der Waals surface area contributed by atoms with Crippen molar-refractivity contribution in [3.05, 3.63) is 99.1 Å². The molecule has 4 aromatic rings. The van der Waals surface area contributed by atoms with Crippen LogP contribution in [0.1, 0.15) is 21.5 Å². The number of carbonyl (C=O) groups excluding carboxylic acids is 1. The van der Waals surface area contributed by atoms with Crippen LogP contribution in [0.3, 0.4) is 0 Å². The SMILES string of the molecule is COc1cc(/C=N/NC(=O)c2ccccc2N)cc(I)c1OCc1cccc2ccccc12. The number of amides is 1. The highest BCUT2D eigenvalue weighted by atomic mass is 127. The molecular formula is C26H22IN3O3. The Hall–Kier alpha value is -3.59. The van der Waals surface area contributed by atoms with Gasteiger partial charge < -0.3 is 15.2 Å². The number of nitrogens with one attached hydrogen (secondary N) is 1. The number of ether oxygens (including phenoxy) is 2. The summed E-state index contributed by atoms with van der Waals surface area (Å²) in [4.78, 5) is 12.3. The third-order valence-electron chi connectivity index (χ3n) is 5.09. The lowest BCUT2D eigenvalue weighted by Crippen LogP contribution is -2.19. The Labute approximate surface area is 205 Å². The number of anilines is 1. The summed E-state index contributed by atoms with van der Waals surface area (Å²) in [5.74, 6) is 0.868. The molecule has 166 valence electrons. The Bertz CT molecular complexity index is 1330. The van der Waals surface area contributed by atoms with Gasteiger partial charge in [-0.05, 0) is 68.8 Å². The predicted octanol–water partition coefficient (Wildman–Crippen LogP) is 5.38. The van der Waals surface area contributed by atoms with Gasteiger partial charge in [-0.25, -0.2) is 5.43 Å². The van der Waals surface area contributed by atoms with Crippen molar-refractivity contribution in [2.45, 2.75) is 6.61 Å². The summed E-state index contributed by atoms with van der Waals surface area (Å²) in [5, 5.41) is 6.39. The number of hydrazone groups is 1. The number of carbonyl (C=O) groups is 1. The maximum Gasteiger partial charge on any atom is 0.273 e. The number of para-hydroxylation sites is 1. The minimum Gasteiger partial charge on any atom is -0.493 e. The number of benzene rings is 4. The van der Waals surface area contributed by atoms with Crippen LogP contribution in [-0.2, 0) is 6.61 Å². The Morgan fingerprint density at radius 2 is 1.82 bits per heavy atom. The third-order valence-corrected chi connectivity index (χ3v) is 5.89. The molecule has 0 radical (unpaired) electrons. The summed E-state index contributed by atoms with van der Waals surface area (Å²) in [5.41, 5.74) is 11.0. The molecule has 4 aromatic carbocycles. The number of hydrogen-bond donors (Lipinski definition) is 2. The van der Waals surface area contributed by atoms with Gasteiger partial charge >= 0.3 is 0 Å². The van der Waals surface area contributed by atoms with E-state index in [1.54, 1.807) is 37.6 Å². The molecule has 6 nitrogen and oxygen atoms in total. The number of methoxy groups -OCH3 is 1. The molecule has 1 amide bonds. The molecule has 4 rings (SSSR count). The molecule has 33 heavy (non-hydrogen) atoms. The average Bonchev–Trinajstić information content (AvgIpc) is 2.83. The fourth-order valence-electron chi connectivity index (χ4n) is 3.45. The van der Waals surface area contributed by atoms with Gasteiger partial charge in [-0.2, -0.15) is 5.10 Å². The molecule has 0 saturated carbocycles. The zero-order valence-electron chi connectivity index (χ0n) is 17.9. The van der Waals surface area contributed by atoms with E-state index in [1.165, 1.54) is 5.39 Å². The van der Waals surface area contributed by atoms with Gasteiger partial charge in [0.1, 0.15) is 6.61 Å². The molecule has 0 aliphatic heterocycles. The van der Waals surface area contributed by atoms with Gasteiger partial charge in [0.25, 0.3) is 5.91 Å². The third kappa shape index (κ3) is 5.25. The van der Waals surface area contributed by atoms with Crippen LogP contribution in [0.4, 0.5) is 5.69 Å². The average molecular weight is 551 g/mol. The minimum atomic E-state index is -0.374. The van der Waals surface area contributed by atoms with Crippen molar-refractivity contribution in [1.29, 1.82) is 0 Å². The summed E-state index contributed by atoms with van der Waals surface area (Å²) < 4.78 is 12.6. The van der Waals surface area contributed by atoms with E-state index in [4.69, 9.17) is 15.2 Å². The fraction of sp³-hybridized carbons (Fsp3) is 0.0769. The van der Waals surface area contributed by atoms with Gasteiger partial charge in [-0.15, -0.1) is 0 Å². The molecule has 0 spiro atoms. The molecule has 0 aromatic heterocycles. The highest BCUT2D eigenvalue weighted by Gasteiger charge is 2.13. The van der Waals surface area contributed by atoms with Crippen LogP contribution in [-0.4, -0.2) is 19.2 Å². The van der Waals surface area contributed by atoms with E-state index < -0.39 is 0 Å². The number of nitrogens with zero attached hydrogens (tertiary/aromatic N) is 1. The first-order valence-corrected chi connectivity index (χ1v) is 11.3. The van der Waals surface area contributed by atoms with Crippen molar-refractivity contribution in [2.24, 2.45) is 5.10 Å². The van der Waals surface area contributed by atoms with Crippen LogP contribution in [0.25, 0.3) is 10.8 Å². The second kappa shape index (κ2) is 10.4. The number of hydrogen-bond acceptors (Lipinski definition) is 5. The zero-order chi connectivity index (χ0) is 23.2. The van der Waals surface area contributed by atoms with E-state index in [0.29, 0.717) is 29.4 Å². The van der Waals surface area contributed by atoms with Gasteiger partial charge in [-0.3, -0.25) is 4.79 Å². The van der Waals surface area contributed by atoms with Crippen LogP contribution in [0.5, 0.6) is 11.5 Å². The second-order valence-corrected chi connectivity index (χ2v) is 8.41. The molecule has 0 aliphatic rings. The standard InChI is InChI=1S/C26H22IN3O3/c1-32-24-14-17(15-29-30-26(31)21-11-4-5-12-23(21)28)13-22(27)25(24)33-16-19-9-6-8-18-7-2-3-10-20(18)19/h2-15H,16,28H2,1H3,(H,30,31)/b29-15+. The maximum absolute atomic E-state index is 12.3. The number of nitrogens with two attached hydrogens (primary N) is 1. The van der Waals surface area contributed by atoms with Crippen molar-refractivity contribution in [1.82, 2.24) is 5.43 Å². The normalized spacial score (nSPS) is 11.0. The van der Waals surface area contributed by atoms with Gasteiger partial charge in [0.15, 0.2) is 11.5 Å². The molecule has 0 atom stereocenters. The van der Waals surface area contributed by atoms with Crippen molar-refractivity contribution in [3.8, 4) is 11.5 Å². The quantitative estimate of drug-likeness (QED) is 0.140. The topological polar surface area (TPSA) is 85.9 Å². The van der Waals surface area contributed by atoms with Crippen LogP contribution in [0.15, 0.2) is 84.0 Å². The molecule has 7 heteroatoms. The minimum absolute atomic E-state index is 0.374. The van der Waals surface area contributed by atoms with Crippen molar-refractivity contribution >= 4 is 51.2 Å². The molecule has 0 aliphatic carbocycles. The van der Waals surface area contributed by atoms with Crippen molar-refractivity contribution in [2.75, 3.05) is 12.8 Å². The Kier molecular flexibility index (Phi) is 7.09. The fourth-order valence-corrected chi connectivity index (χ4v) is 4.23. The van der Waals surface area contributed by atoms with E-state index in [1.807, 2.05) is 30.3 Å². The molecular weight excluding hydrogens is 529 g/mol. The van der Waals surface area contributed by atoms with E-state index >= 15 is 0 Å². The number of halogens is 1. The lowest BCUT2D eigenvalue weighted by Gasteiger charge is -2.14. The number of rotatable bonds is 7. The van der Waals surface area contributed by atoms with Crippen LogP contribution >= 0.6 is 22.6 Å². The molecule has 3 N–H and O–H groups in total. The van der Waals surface area contributed by atoms with Crippen molar-refractivity contribution < 1.29 is 14.3 Å². The van der Waals surface area contributed by atoms with Gasteiger partial charge in [0, 0.05) is 5.69 Å². The largest absolute Gasteiger partial charge is 0.493 e. The van der Waals surface area contributed by atoms with Gasteiger partial charge in [0.05, 0.1) is 22.5 Å². The first-order chi connectivity index (χ1) is 16.1. The second-order valence-electron chi connectivity index (χ2n) is 7.25. The summed E-state index contributed by atoms with van der Waals surface area (Å²) in [6, 6.07) is 25.0. The Morgan fingerprint density at radius 3 is 2.64 bits per heavy atom. The highest BCUT2D eigenvalue weighted by molar-refractivity contribution is 14.1. The molecule has 0 bridgehead atoms. The maximum atomic E-state index is 12.3. The smallest absolute Gasteiger partial charge is 0.273 e. The first kappa shape index (κ1) is 22.6. The van der Waals surface area contributed by atoms with E-state index in [0.717, 1.165) is 20.1 Å². The van der Waals surface area contributed by atoms with E-state index in [2.05, 4.69) is 57.4 Å².